The van der Waals surface area contributed by atoms with Crippen LogP contribution in [-0.2, 0) is 4.57 Å². The number of hydrogen-bond donors (Lipinski definition) is 0. The van der Waals surface area contributed by atoms with E-state index in [2.05, 4.69) is 0 Å². The van der Waals surface area contributed by atoms with E-state index >= 15 is 0 Å². The lowest BCUT2D eigenvalue weighted by molar-refractivity contribution is 0.563. The lowest BCUT2D eigenvalue weighted by atomic mass is 10.1. The molecule has 1 atom stereocenters. The van der Waals surface area contributed by atoms with Crippen LogP contribution in [0.4, 0.5) is 0 Å². The van der Waals surface area contributed by atoms with Crippen LogP contribution in [0, 0.1) is 6.92 Å². The van der Waals surface area contributed by atoms with Gasteiger partial charge in [-0.15, -0.1) is 0 Å². The Balaban J connectivity index is 2.64. The van der Waals surface area contributed by atoms with Crippen molar-refractivity contribution in [3.8, 4) is 0 Å². The predicted octanol–water partition coefficient (Wildman–Crippen LogP) is 4.64. The van der Waals surface area contributed by atoms with Gasteiger partial charge in [-0.25, -0.2) is 4.20 Å². The fourth-order valence-corrected chi connectivity index (χ4v) is 2.95. The normalized spacial score (nSPS) is 12.2. The zero-order valence-corrected chi connectivity index (χ0v) is 9.70. The second-order valence-electron chi connectivity index (χ2n) is 3.87. The van der Waals surface area contributed by atoms with Gasteiger partial charge < -0.3 is 0 Å². The Bertz CT molecular complexity index is 744. The summed E-state index contributed by atoms with van der Waals surface area (Å²) in [6, 6.07) is 13.7. The summed E-state index contributed by atoms with van der Waals surface area (Å²) < 4.78 is 17.3. The first-order valence-electron chi connectivity index (χ1n) is 5.11. The SMILES string of the molecule is Cc1ccc2c(c1)o[p+](=O)c1ccccc21. The van der Waals surface area contributed by atoms with Crippen molar-refractivity contribution in [2.24, 2.45) is 0 Å². The smallest absolute Gasteiger partial charge is 0.250 e. The molecule has 2 nitrogen and oxygen atoms in total. The Morgan fingerprint density at radius 3 is 2.75 bits per heavy atom. The molecule has 0 aliphatic carbocycles. The van der Waals surface area contributed by atoms with Crippen LogP contribution >= 0.6 is 7.65 Å². The molecule has 0 saturated heterocycles. The fraction of sp³-hybridized carbons (Fsp3) is 0.0769. The molecule has 78 valence electrons. The summed E-state index contributed by atoms with van der Waals surface area (Å²) in [7, 11) is -1.76. The molecule has 16 heavy (non-hydrogen) atoms. The van der Waals surface area contributed by atoms with Crippen LogP contribution in [0.1, 0.15) is 5.56 Å². The summed E-state index contributed by atoms with van der Waals surface area (Å²) in [6.45, 7) is 2.00. The summed E-state index contributed by atoms with van der Waals surface area (Å²) in [5.41, 5.74) is 1.83. The van der Waals surface area contributed by atoms with E-state index in [1.165, 1.54) is 0 Å². The van der Waals surface area contributed by atoms with E-state index in [0.29, 0.717) is 0 Å². The number of benzene rings is 2. The highest BCUT2D eigenvalue weighted by atomic mass is 31.1. The zero-order valence-electron chi connectivity index (χ0n) is 8.81. The van der Waals surface area contributed by atoms with Gasteiger partial charge in [0.1, 0.15) is 0 Å². The Labute approximate surface area is 93.3 Å². The van der Waals surface area contributed by atoms with Crippen molar-refractivity contribution in [3.63, 3.8) is 0 Å². The third-order valence-electron chi connectivity index (χ3n) is 2.71. The molecule has 0 aliphatic rings. The Hall–Kier alpha value is -1.66. The first-order valence-corrected chi connectivity index (χ1v) is 6.29. The van der Waals surface area contributed by atoms with Gasteiger partial charge in [-0.05, 0) is 41.3 Å². The van der Waals surface area contributed by atoms with Gasteiger partial charge in [-0.1, -0.05) is 18.2 Å². The summed E-state index contributed by atoms with van der Waals surface area (Å²) >= 11 is 0. The topological polar surface area (TPSA) is 30.2 Å². The molecule has 0 fully saturated rings. The Morgan fingerprint density at radius 1 is 1.06 bits per heavy atom. The van der Waals surface area contributed by atoms with Crippen LogP contribution < -0.4 is 0 Å². The second kappa shape index (κ2) is 3.43. The highest BCUT2D eigenvalue weighted by Gasteiger charge is 2.15. The molecule has 0 spiro atoms. The molecule has 2 aromatic carbocycles. The van der Waals surface area contributed by atoms with Gasteiger partial charge in [-0.3, -0.25) is 0 Å². The first-order chi connectivity index (χ1) is 7.75. The van der Waals surface area contributed by atoms with E-state index < -0.39 is 7.65 Å². The van der Waals surface area contributed by atoms with Crippen molar-refractivity contribution in [2.45, 2.75) is 6.92 Å². The predicted molar refractivity (Wildman–Crippen MR) is 66.1 cm³/mol. The summed E-state index contributed by atoms with van der Waals surface area (Å²) in [5.74, 6) is 0. The van der Waals surface area contributed by atoms with Crippen molar-refractivity contribution in [3.05, 3.63) is 48.0 Å². The average Bonchev–Trinajstić information content (AvgIpc) is 2.29. The number of hydrogen-bond acceptors (Lipinski definition) is 2. The summed E-state index contributed by atoms with van der Waals surface area (Å²) in [4.78, 5) is 0. The van der Waals surface area contributed by atoms with E-state index in [9.17, 15) is 4.57 Å². The monoisotopic (exact) mass is 229 g/mol. The molecule has 0 radical (unpaired) electrons. The standard InChI is InChI=1S/C13H10O2P/c1-9-6-7-10-11-4-2-3-5-13(11)16(14)15-12(10)8-9/h2-8H,1H3/q+1. The highest BCUT2D eigenvalue weighted by molar-refractivity contribution is 7.37. The lowest BCUT2D eigenvalue weighted by Gasteiger charge is -1.96. The van der Waals surface area contributed by atoms with Crippen LogP contribution in [0.25, 0.3) is 21.5 Å². The maximum Gasteiger partial charge on any atom is 0.597 e. The van der Waals surface area contributed by atoms with E-state index in [1.807, 2.05) is 49.4 Å². The molecule has 0 bridgehead atoms. The van der Waals surface area contributed by atoms with Crippen LogP contribution in [0.2, 0.25) is 0 Å². The van der Waals surface area contributed by atoms with Crippen LogP contribution in [-0.4, -0.2) is 0 Å². The minimum Gasteiger partial charge on any atom is -0.250 e. The van der Waals surface area contributed by atoms with Crippen molar-refractivity contribution < 1.29 is 8.76 Å². The molecule has 3 aromatic rings. The zero-order chi connectivity index (χ0) is 11.1. The molecule has 0 saturated carbocycles. The van der Waals surface area contributed by atoms with Crippen molar-refractivity contribution in [1.29, 1.82) is 0 Å². The van der Waals surface area contributed by atoms with E-state index in [0.717, 1.165) is 27.0 Å². The van der Waals surface area contributed by atoms with Gasteiger partial charge in [0.2, 0.25) is 5.12 Å². The third kappa shape index (κ3) is 1.35. The van der Waals surface area contributed by atoms with Crippen molar-refractivity contribution >= 4 is 29.1 Å². The largest absolute Gasteiger partial charge is 0.597 e. The van der Waals surface area contributed by atoms with Gasteiger partial charge >= 0.3 is 7.65 Å². The van der Waals surface area contributed by atoms with E-state index in [4.69, 9.17) is 4.20 Å². The minimum absolute atomic E-state index is 0.722. The van der Waals surface area contributed by atoms with Gasteiger partial charge in [-0.2, -0.15) is 0 Å². The molecule has 3 heteroatoms. The van der Waals surface area contributed by atoms with Crippen molar-refractivity contribution in [1.82, 2.24) is 0 Å². The van der Waals surface area contributed by atoms with E-state index in [1.54, 1.807) is 0 Å². The van der Waals surface area contributed by atoms with E-state index in [-0.39, 0.29) is 0 Å². The molecule has 1 heterocycles. The molecular weight excluding hydrogens is 219 g/mol. The van der Waals surface area contributed by atoms with Gasteiger partial charge in [0.25, 0.3) is 0 Å². The van der Waals surface area contributed by atoms with Gasteiger partial charge in [0, 0.05) is 10.8 Å². The van der Waals surface area contributed by atoms with Crippen LogP contribution in [0.15, 0.2) is 46.7 Å². The maximum atomic E-state index is 11.9. The maximum absolute atomic E-state index is 11.9. The highest BCUT2D eigenvalue weighted by Crippen LogP contribution is 2.35. The minimum atomic E-state index is -1.76. The molecule has 0 N–H and O–H groups in total. The quantitative estimate of drug-likeness (QED) is 0.526. The molecule has 1 aromatic heterocycles. The van der Waals surface area contributed by atoms with Crippen LogP contribution in [0.5, 0.6) is 0 Å². The van der Waals surface area contributed by atoms with Gasteiger partial charge in [0.15, 0.2) is 5.58 Å². The molecule has 3 rings (SSSR count). The number of rotatable bonds is 0. The Morgan fingerprint density at radius 2 is 1.88 bits per heavy atom. The molecule has 1 unspecified atom stereocenters. The molecule has 0 aliphatic heterocycles. The molecule has 0 amide bonds. The number of aryl methyl sites for hydroxylation is 1. The average molecular weight is 229 g/mol. The number of fused-ring (bicyclic) bond motifs is 3. The molecular formula is C13H10O2P+. The second-order valence-corrected chi connectivity index (χ2v) is 5.04. The first kappa shape index (κ1) is 9.56. The van der Waals surface area contributed by atoms with Gasteiger partial charge in [0.05, 0.1) is 0 Å². The fourth-order valence-electron chi connectivity index (χ4n) is 1.93. The third-order valence-corrected chi connectivity index (χ3v) is 3.86. The van der Waals surface area contributed by atoms with Crippen LogP contribution in [0.3, 0.4) is 0 Å². The van der Waals surface area contributed by atoms with Crippen molar-refractivity contribution in [2.75, 3.05) is 0 Å². The lowest BCUT2D eigenvalue weighted by Crippen LogP contribution is -1.76. The Kier molecular flexibility index (Phi) is 2.05. The summed E-state index contributed by atoms with van der Waals surface area (Å²) in [6.07, 6.45) is 0. The summed E-state index contributed by atoms with van der Waals surface area (Å²) in [5, 5.41) is 2.83.